The number of aldehydes is 1. The second-order valence-electron chi connectivity index (χ2n) is 10.0. The van der Waals surface area contributed by atoms with Gasteiger partial charge in [-0.15, -0.1) is 0 Å². The number of benzene rings is 4. The highest BCUT2D eigenvalue weighted by Gasteiger charge is 2.45. The number of nitrogens with one attached hydrogen (secondary N) is 1. The van der Waals surface area contributed by atoms with Gasteiger partial charge in [0.2, 0.25) is 0 Å². The molecule has 4 rings (SSSR count). The van der Waals surface area contributed by atoms with Crippen LogP contribution in [0.5, 0.6) is 0 Å². The summed E-state index contributed by atoms with van der Waals surface area (Å²) in [6, 6.07) is 31.3. The van der Waals surface area contributed by atoms with E-state index >= 15 is 0 Å². The molecule has 0 aromatic heterocycles. The summed E-state index contributed by atoms with van der Waals surface area (Å²) >= 11 is 0. The van der Waals surface area contributed by atoms with Crippen LogP contribution in [-0.2, 0) is 28.5 Å². The maximum absolute atomic E-state index is 13.4. The summed E-state index contributed by atoms with van der Waals surface area (Å²) in [7, 11) is 0. The molecule has 0 aliphatic heterocycles. The zero-order valence-corrected chi connectivity index (χ0v) is 25.2. The van der Waals surface area contributed by atoms with Crippen molar-refractivity contribution >= 4 is 36.1 Å². The first kappa shape index (κ1) is 33.8. The van der Waals surface area contributed by atoms with Crippen molar-refractivity contribution in [1.82, 2.24) is 0 Å². The quantitative estimate of drug-likeness (QED) is 0.0649. The highest BCUT2D eigenvalue weighted by Crippen LogP contribution is 2.23. The Labute approximate surface area is 270 Å². The van der Waals surface area contributed by atoms with E-state index in [4.69, 9.17) is 29.1 Å². The monoisotopic (exact) mass is 637 g/mol. The van der Waals surface area contributed by atoms with Crippen LogP contribution in [-0.4, -0.2) is 67.1 Å². The zero-order chi connectivity index (χ0) is 33.6. The molecule has 240 valence electrons. The number of esters is 4. The molecule has 0 radical (unpaired) electrons. The lowest BCUT2D eigenvalue weighted by Gasteiger charge is -2.34. The van der Waals surface area contributed by atoms with Crippen LogP contribution < -0.4 is 0 Å². The first-order valence-electron chi connectivity index (χ1n) is 14.4. The van der Waals surface area contributed by atoms with Gasteiger partial charge in [0.25, 0.3) is 0 Å². The van der Waals surface area contributed by atoms with Crippen LogP contribution in [0.1, 0.15) is 48.4 Å². The van der Waals surface area contributed by atoms with Gasteiger partial charge in [0.05, 0.1) is 22.3 Å². The average Bonchev–Trinajstić information content (AvgIpc) is 3.11. The normalized spacial score (nSPS) is 13.0. The smallest absolute Gasteiger partial charge is 0.338 e. The fourth-order valence-electron chi connectivity index (χ4n) is 4.38. The molecule has 1 N–H and O–H groups in total. The molecule has 11 nitrogen and oxygen atoms in total. The Balaban J connectivity index is 1.76. The van der Waals surface area contributed by atoms with Gasteiger partial charge in [0.1, 0.15) is 6.61 Å². The maximum atomic E-state index is 13.4. The molecule has 0 aliphatic rings. The Morgan fingerprint density at radius 1 is 0.553 bits per heavy atom. The largest absolute Gasteiger partial charge is 0.471 e. The minimum Gasteiger partial charge on any atom is -0.471 e. The molecule has 0 saturated carbocycles. The van der Waals surface area contributed by atoms with E-state index in [1.54, 1.807) is 72.8 Å². The third-order valence-electron chi connectivity index (χ3n) is 6.62. The Kier molecular flexibility index (Phi) is 12.1. The molecule has 4 atom stereocenters. The van der Waals surface area contributed by atoms with Gasteiger partial charge in [-0.25, -0.2) is 19.2 Å². The molecule has 0 bridgehead atoms. The summed E-state index contributed by atoms with van der Waals surface area (Å²) in [5.74, 6) is -3.97. The predicted octanol–water partition coefficient (Wildman–Crippen LogP) is 5.10. The Hall–Kier alpha value is -6.10. The van der Waals surface area contributed by atoms with E-state index in [1.807, 2.05) is 0 Å². The average molecular weight is 638 g/mol. The molecule has 0 spiro atoms. The minimum atomic E-state index is -1.86. The van der Waals surface area contributed by atoms with Crippen LogP contribution in [0, 0.1) is 5.41 Å². The first-order valence-corrected chi connectivity index (χ1v) is 14.4. The third kappa shape index (κ3) is 9.69. The van der Waals surface area contributed by atoms with E-state index in [0.29, 0.717) is 0 Å². The van der Waals surface area contributed by atoms with Crippen molar-refractivity contribution < 1.29 is 47.7 Å². The maximum Gasteiger partial charge on any atom is 0.338 e. The van der Waals surface area contributed by atoms with E-state index in [1.165, 1.54) is 55.5 Å². The lowest BCUT2D eigenvalue weighted by atomic mass is 10.0. The van der Waals surface area contributed by atoms with Crippen molar-refractivity contribution in [2.24, 2.45) is 0 Å². The van der Waals surface area contributed by atoms with E-state index < -0.39 is 54.9 Å². The molecule has 0 amide bonds. The second-order valence-corrected chi connectivity index (χ2v) is 10.0. The minimum absolute atomic E-state index is 0.0703. The molecule has 0 saturated heterocycles. The molecule has 4 aromatic carbocycles. The molecular formula is C36H31NO10. The Morgan fingerprint density at radius 2 is 0.915 bits per heavy atom. The molecule has 0 heterocycles. The van der Waals surface area contributed by atoms with Crippen LogP contribution in [0.2, 0.25) is 0 Å². The lowest BCUT2D eigenvalue weighted by molar-refractivity contribution is -0.140. The Bertz CT molecular complexity index is 1660. The first-order chi connectivity index (χ1) is 22.8. The number of hydrogen-bond acceptors (Lipinski definition) is 11. The van der Waals surface area contributed by atoms with E-state index in [0.717, 1.165) is 0 Å². The van der Waals surface area contributed by atoms with Gasteiger partial charge in [-0.1, -0.05) is 72.8 Å². The van der Waals surface area contributed by atoms with Gasteiger partial charge in [-0.3, -0.25) is 10.2 Å². The van der Waals surface area contributed by atoms with Gasteiger partial charge < -0.3 is 23.7 Å². The molecule has 4 aromatic rings. The fourth-order valence-corrected chi connectivity index (χ4v) is 4.38. The van der Waals surface area contributed by atoms with Crippen LogP contribution >= 0.6 is 0 Å². The van der Waals surface area contributed by atoms with Crippen molar-refractivity contribution in [2.75, 3.05) is 6.61 Å². The summed E-state index contributed by atoms with van der Waals surface area (Å²) < 4.78 is 28.2. The van der Waals surface area contributed by atoms with Crippen molar-refractivity contribution in [3.05, 3.63) is 144 Å². The van der Waals surface area contributed by atoms with E-state index in [2.05, 4.69) is 0 Å². The van der Waals surface area contributed by atoms with E-state index in [-0.39, 0.29) is 34.4 Å². The van der Waals surface area contributed by atoms with Gasteiger partial charge >= 0.3 is 23.9 Å². The zero-order valence-electron chi connectivity index (χ0n) is 25.2. The molecule has 0 fully saturated rings. The van der Waals surface area contributed by atoms with Gasteiger partial charge in [0.15, 0.2) is 36.6 Å². The molecule has 47 heavy (non-hydrogen) atoms. The summed E-state index contributed by atoms with van der Waals surface area (Å²) in [6.07, 6.45) is -6.78. The molecular weight excluding hydrogens is 606 g/mol. The number of rotatable bonds is 14. The van der Waals surface area contributed by atoms with Crippen molar-refractivity contribution in [3.8, 4) is 0 Å². The summed E-state index contributed by atoms with van der Waals surface area (Å²) in [5, 5.41) is 8.04. The van der Waals surface area contributed by atoms with Crippen LogP contribution in [0.15, 0.2) is 121 Å². The summed E-state index contributed by atoms with van der Waals surface area (Å²) in [5.41, 5.74) is 0.442. The van der Waals surface area contributed by atoms with Crippen molar-refractivity contribution in [1.29, 1.82) is 5.41 Å². The van der Waals surface area contributed by atoms with Crippen LogP contribution in [0.3, 0.4) is 0 Å². The number of ether oxygens (including phenoxy) is 5. The molecule has 11 heteroatoms. The molecule has 0 unspecified atom stereocenters. The van der Waals surface area contributed by atoms with Crippen molar-refractivity contribution in [2.45, 2.75) is 31.3 Å². The third-order valence-corrected chi connectivity index (χ3v) is 6.62. The highest BCUT2D eigenvalue weighted by atomic mass is 16.6. The number of carbonyl (C=O) groups excluding carboxylic acids is 5. The summed E-state index contributed by atoms with van der Waals surface area (Å²) in [6.45, 7) is 0.647. The Morgan fingerprint density at radius 3 is 1.30 bits per heavy atom. The standard InChI is InChI=1S/C36H31NO10/c1-24(37)44-30(23-43-33(39)25-14-6-2-7-15-25)32(47-36(42)28-20-12-5-13-21-28)31(46-35(41)27-18-10-4-11-19-27)29(22-38)45-34(40)26-16-8-3-9-17-26/h2-22,29-32,37H,23H2,1H3/t29-,30+,31+,32+/m0/s1. The second kappa shape index (κ2) is 16.8. The van der Waals surface area contributed by atoms with Crippen molar-refractivity contribution in [3.63, 3.8) is 0 Å². The topological polar surface area (TPSA) is 155 Å². The highest BCUT2D eigenvalue weighted by molar-refractivity contribution is 5.92. The number of carbonyl (C=O) groups is 5. The number of hydrogen-bond donors (Lipinski definition) is 1. The van der Waals surface area contributed by atoms with E-state index in [9.17, 15) is 24.0 Å². The van der Waals surface area contributed by atoms with Gasteiger partial charge in [0, 0.05) is 6.92 Å². The lowest BCUT2D eigenvalue weighted by Crippen LogP contribution is -2.53. The summed E-state index contributed by atoms with van der Waals surface area (Å²) in [4.78, 5) is 65.4. The van der Waals surface area contributed by atoms with Gasteiger partial charge in [-0.2, -0.15) is 0 Å². The van der Waals surface area contributed by atoms with Crippen LogP contribution in [0.4, 0.5) is 0 Å². The SMILES string of the molecule is CC(=N)O[C@H](COC(=O)c1ccccc1)[C@@H](OC(=O)c1ccccc1)[C@H](OC(=O)c1ccccc1)[C@H](C=O)OC(=O)c1ccccc1. The fraction of sp³-hybridized carbons (Fsp3) is 0.167. The van der Waals surface area contributed by atoms with Crippen LogP contribution in [0.25, 0.3) is 0 Å². The van der Waals surface area contributed by atoms with Gasteiger partial charge in [-0.05, 0) is 48.5 Å². The predicted molar refractivity (Wildman–Crippen MR) is 168 cm³/mol. The molecule has 0 aliphatic carbocycles.